The van der Waals surface area contributed by atoms with E-state index in [4.69, 9.17) is 4.74 Å². The van der Waals surface area contributed by atoms with Crippen molar-refractivity contribution in [3.8, 4) is 11.6 Å². The first-order chi connectivity index (χ1) is 17.2. The van der Waals surface area contributed by atoms with Crippen LogP contribution < -0.4 is 4.74 Å². The average Bonchev–Trinajstić information content (AvgIpc) is 3.47. The Bertz CT molecular complexity index is 1440. The Kier molecular flexibility index (Phi) is 6.07. The molecule has 0 saturated heterocycles. The van der Waals surface area contributed by atoms with Gasteiger partial charge in [0.25, 0.3) is 0 Å². The first-order valence-corrected chi connectivity index (χ1v) is 11.3. The molecule has 1 atom stereocenters. The monoisotopic (exact) mass is 498 g/mol. The summed E-state index contributed by atoms with van der Waals surface area (Å²) in [5.74, 6) is -0.316. The summed E-state index contributed by atoms with van der Waals surface area (Å²) in [7, 11) is 1.52. The Morgan fingerprint density at radius 3 is 2.67 bits per heavy atom. The van der Waals surface area contributed by atoms with Crippen LogP contribution in [-0.2, 0) is 12.7 Å². The summed E-state index contributed by atoms with van der Waals surface area (Å²) in [6.07, 6.45) is 3.29. The number of aromatic nitrogens is 6. The van der Waals surface area contributed by atoms with Crippen LogP contribution in [0.4, 0.5) is 17.6 Å². The summed E-state index contributed by atoms with van der Waals surface area (Å²) in [5, 5.41) is 4.44. The number of hydrogen-bond acceptors (Lipinski definition) is 5. The van der Waals surface area contributed by atoms with Gasteiger partial charge >= 0.3 is 6.18 Å². The van der Waals surface area contributed by atoms with Gasteiger partial charge in [0.2, 0.25) is 5.88 Å². The van der Waals surface area contributed by atoms with Gasteiger partial charge < -0.3 is 9.30 Å². The lowest BCUT2D eigenvalue weighted by atomic mass is 9.87. The highest BCUT2D eigenvalue weighted by molar-refractivity contribution is 5.65. The van der Waals surface area contributed by atoms with E-state index in [-0.39, 0.29) is 5.56 Å². The van der Waals surface area contributed by atoms with Gasteiger partial charge in [-0.15, -0.1) is 0 Å². The van der Waals surface area contributed by atoms with Crippen molar-refractivity contribution in [2.24, 2.45) is 0 Å². The van der Waals surface area contributed by atoms with E-state index < -0.39 is 23.5 Å². The van der Waals surface area contributed by atoms with Gasteiger partial charge in [0.15, 0.2) is 5.82 Å². The number of methoxy groups -OCH3 is 1. The van der Waals surface area contributed by atoms with E-state index in [0.29, 0.717) is 42.6 Å². The number of rotatable bonds is 5. The molecule has 4 aromatic rings. The van der Waals surface area contributed by atoms with Gasteiger partial charge in [-0.2, -0.15) is 18.3 Å². The molecule has 186 valence electrons. The predicted octanol–water partition coefficient (Wildman–Crippen LogP) is 5.43. The van der Waals surface area contributed by atoms with Crippen LogP contribution in [0.5, 0.6) is 5.88 Å². The minimum Gasteiger partial charge on any atom is -0.479 e. The SMILES string of the molecule is COc1nc(C=Cc2nc3n(n2)CCC[C@H]3c2cc(F)ccc2C(F)(F)F)ccc1-n1cnc(C)c1. The lowest BCUT2D eigenvalue weighted by Gasteiger charge is -2.25. The normalized spacial score (nSPS) is 15.9. The van der Waals surface area contributed by atoms with Crippen LogP contribution in [0.25, 0.3) is 17.8 Å². The number of ether oxygens (including phenoxy) is 1. The maximum Gasteiger partial charge on any atom is 0.416 e. The fourth-order valence-electron chi connectivity index (χ4n) is 4.41. The molecule has 0 fully saturated rings. The van der Waals surface area contributed by atoms with Crippen LogP contribution in [0.1, 0.15) is 52.9 Å². The van der Waals surface area contributed by atoms with Crippen molar-refractivity contribution in [1.82, 2.24) is 29.3 Å². The Morgan fingerprint density at radius 2 is 1.94 bits per heavy atom. The minimum atomic E-state index is -4.60. The molecule has 1 aromatic carbocycles. The van der Waals surface area contributed by atoms with Crippen LogP contribution in [0.3, 0.4) is 0 Å². The maximum atomic E-state index is 13.9. The fourth-order valence-corrected chi connectivity index (χ4v) is 4.41. The second-order valence-electron chi connectivity index (χ2n) is 8.50. The van der Waals surface area contributed by atoms with Crippen LogP contribution in [0, 0.1) is 12.7 Å². The number of benzene rings is 1. The van der Waals surface area contributed by atoms with Gasteiger partial charge in [0, 0.05) is 18.7 Å². The van der Waals surface area contributed by atoms with Gasteiger partial charge in [-0.1, -0.05) is 0 Å². The van der Waals surface area contributed by atoms with E-state index in [1.165, 1.54) is 7.11 Å². The molecule has 7 nitrogen and oxygen atoms in total. The quantitative estimate of drug-likeness (QED) is 0.343. The molecule has 0 spiro atoms. The molecule has 0 saturated carbocycles. The maximum absolute atomic E-state index is 13.9. The third kappa shape index (κ3) is 4.60. The summed E-state index contributed by atoms with van der Waals surface area (Å²) in [6.45, 7) is 2.40. The number of fused-ring (bicyclic) bond motifs is 1. The Labute approximate surface area is 204 Å². The summed E-state index contributed by atoms with van der Waals surface area (Å²) < 4.78 is 63.6. The third-order valence-electron chi connectivity index (χ3n) is 6.03. The molecular weight excluding hydrogens is 476 g/mol. The van der Waals surface area contributed by atoms with Crippen molar-refractivity contribution in [1.29, 1.82) is 0 Å². The van der Waals surface area contributed by atoms with Gasteiger partial charge in [-0.05, 0) is 67.8 Å². The molecule has 0 aliphatic carbocycles. The zero-order chi connectivity index (χ0) is 25.4. The number of pyridine rings is 1. The molecule has 5 rings (SSSR count). The van der Waals surface area contributed by atoms with E-state index in [9.17, 15) is 17.6 Å². The van der Waals surface area contributed by atoms with E-state index in [1.807, 2.05) is 19.2 Å². The van der Waals surface area contributed by atoms with Crippen LogP contribution in [-0.4, -0.2) is 36.4 Å². The summed E-state index contributed by atoms with van der Waals surface area (Å²) in [5.41, 5.74) is 1.19. The van der Waals surface area contributed by atoms with E-state index in [2.05, 4.69) is 20.1 Å². The molecule has 0 bridgehead atoms. The molecular formula is C25H22F4N6O. The van der Waals surface area contributed by atoms with Crippen molar-refractivity contribution in [2.75, 3.05) is 7.11 Å². The van der Waals surface area contributed by atoms with Crippen molar-refractivity contribution >= 4 is 12.2 Å². The zero-order valence-corrected chi connectivity index (χ0v) is 19.5. The van der Waals surface area contributed by atoms with Gasteiger partial charge in [0.05, 0.1) is 30.4 Å². The molecule has 0 N–H and O–H groups in total. The summed E-state index contributed by atoms with van der Waals surface area (Å²) in [6, 6.07) is 6.21. The van der Waals surface area contributed by atoms with E-state index in [0.717, 1.165) is 29.6 Å². The van der Waals surface area contributed by atoms with Crippen molar-refractivity contribution in [3.05, 3.63) is 82.8 Å². The molecule has 1 aliphatic heterocycles. The fraction of sp³-hybridized carbons (Fsp3) is 0.280. The standard InChI is InChI=1S/C25H22F4N6O/c1-15-13-34(14-30-15)21-9-6-17(31-24(21)36-2)7-10-22-32-23-18(4-3-11-35(23)33-22)19-12-16(26)5-8-20(19)25(27,28)29/h5-10,12-14,18H,3-4,11H2,1-2H3/t18-/m0/s1. The number of alkyl halides is 3. The van der Waals surface area contributed by atoms with Crippen molar-refractivity contribution in [3.63, 3.8) is 0 Å². The molecule has 0 unspecified atom stereocenters. The molecule has 11 heteroatoms. The molecule has 0 amide bonds. The minimum absolute atomic E-state index is 0.122. The Morgan fingerprint density at radius 1 is 1.11 bits per heavy atom. The van der Waals surface area contributed by atoms with Gasteiger partial charge in [0.1, 0.15) is 17.3 Å². The second-order valence-corrected chi connectivity index (χ2v) is 8.50. The average molecular weight is 498 g/mol. The van der Waals surface area contributed by atoms with Crippen molar-refractivity contribution in [2.45, 2.75) is 38.4 Å². The lowest BCUT2D eigenvalue weighted by Crippen LogP contribution is -2.21. The number of nitrogens with zero attached hydrogens (tertiary/aromatic N) is 6. The first kappa shape index (κ1) is 23.7. The van der Waals surface area contributed by atoms with E-state index in [1.54, 1.807) is 33.8 Å². The number of aryl methyl sites for hydroxylation is 2. The molecule has 3 aromatic heterocycles. The Balaban J connectivity index is 1.45. The van der Waals surface area contributed by atoms with Crippen LogP contribution >= 0.6 is 0 Å². The third-order valence-corrected chi connectivity index (χ3v) is 6.03. The molecule has 1 aliphatic rings. The summed E-state index contributed by atoms with van der Waals surface area (Å²) in [4.78, 5) is 13.2. The zero-order valence-electron chi connectivity index (χ0n) is 19.5. The highest BCUT2D eigenvalue weighted by atomic mass is 19.4. The largest absolute Gasteiger partial charge is 0.479 e. The highest BCUT2D eigenvalue weighted by Crippen LogP contribution is 2.40. The Hall–Kier alpha value is -4.02. The highest BCUT2D eigenvalue weighted by Gasteiger charge is 2.37. The number of hydrogen-bond donors (Lipinski definition) is 0. The second kappa shape index (κ2) is 9.21. The lowest BCUT2D eigenvalue weighted by molar-refractivity contribution is -0.138. The molecule has 36 heavy (non-hydrogen) atoms. The smallest absolute Gasteiger partial charge is 0.416 e. The first-order valence-electron chi connectivity index (χ1n) is 11.3. The topological polar surface area (TPSA) is 70.7 Å². The number of halogens is 4. The molecule has 0 radical (unpaired) electrons. The predicted molar refractivity (Wildman–Crippen MR) is 124 cm³/mol. The van der Waals surface area contributed by atoms with E-state index >= 15 is 0 Å². The summed E-state index contributed by atoms with van der Waals surface area (Å²) >= 11 is 0. The van der Waals surface area contributed by atoms with Gasteiger partial charge in [-0.25, -0.2) is 24.0 Å². The van der Waals surface area contributed by atoms with Crippen LogP contribution in [0.2, 0.25) is 0 Å². The number of imidazole rings is 1. The molecule has 4 heterocycles. The van der Waals surface area contributed by atoms with Crippen molar-refractivity contribution < 1.29 is 22.3 Å². The van der Waals surface area contributed by atoms with Crippen LogP contribution in [0.15, 0.2) is 42.9 Å². The van der Waals surface area contributed by atoms with Gasteiger partial charge in [-0.3, -0.25) is 0 Å².